The lowest BCUT2D eigenvalue weighted by Crippen LogP contribution is -2.30. The van der Waals surface area contributed by atoms with Crippen molar-refractivity contribution in [2.75, 3.05) is 26.3 Å². The molecule has 13 heteroatoms. The Morgan fingerprint density at radius 2 is 1.63 bits per heavy atom. The summed E-state index contributed by atoms with van der Waals surface area (Å²) in [6, 6.07) is 9.47. The maximum Gasteiger partial charge on any atom is 0.416 e. The third kappa shape index (κ3) is 6.91. The molecule has 3 aromatic rings. The first-order valence-corrected chi connectivity index (χ1v) is 11.9. The van der Waals surface area contributed by atoms with Crippen molar-refractivity contribution in [1.82, 2.24) is 14.3 Å². The average Bonchev–Trinajstić information content (AvgIpc) is 2.87. The van der Waals surface area contributed by atoms with Gasteiger partial charge in [0.25, 0.3) is 0 Å². The molecule has 1 aliphatic heterocycles. The third-order valence-electron chi connectivity index (χ3n) is 5.43. The average molecular weight is 555 g/mol. The molecule has 1 aliphatic rings. The highest BCUT2D eigenvalue weighted by Gasteiger charge is 2.37. The van der Waals surface area contributed by atoms with Crippen LogP contribution in [0.3, 0.4) is 0 Å². The number of hydrogen-bond acceptors (Lipinski definition) is 6. The van der Waals surface area contributed by atoms with Crippen LogP contribution >= 0.6 is 11.9 Å². The Bertz CT molecular complexity index is 1320. The number of benzene rings is 2. The Morgan fingerprint density at radius 1 is 0.974 bits per heavy atom. The molecule has 0 radical (unpaired) electrons. The van der Waals surface area contributed by atoms with E-state index in [1.54, 1.807) is 18.2 Å². The highest BCUT2D eigenvalue weighted by molar-refractivity contribution is 7.97. The number of aromatic nitrogens is 2. The van der Waals surface area contributed by atoms with E-state index in [0.29, 0.717) is 30.9 Å². The Morgan fingerprint density at radius 3 is 2.24 bits per heavy atom. The normalized spacial score (nSPS) is 15.5. The second kappa shape index (κ2) is 11.1. The summed E-state index contributed by atoms with van der Waals surface area (Å²) >= 11 is 1.48. The molecule has 0 unspecified atom stereocenters. The number of carbonyl (C=O) groups excluding carboxylic acids is 1. The van der Waals surface area contributed by atoms with Gasteiger partial charge in [0, 0.05) is 35.3 Å². The molecule has 0 saturated carbocycles. The summed E-state index contributed by atoms with van der Waals surface area (Å²) in [5.74, 6) is -1.17. The molecule has 0 atom stereocenters. The van der Waals surface area contributed by atoms with E-state index in [2.05, 4.69) is 14.3 Å². The number of alkyl halides is 6. The predicted octanol–water partition coefficient (Wildman–Crippen LogP) is 5.55. The van der Waals surface area contributed by atoms with Gasteiger partial charge in [-0.05, 0) is 60.0 Å². The molecule has 38 heavy (non-hydrogen) atoms. The van der Waals surface area contributed by atoms with Gasteiger partial charge >= 0.3 is 12.4 Å². The molecule has 6 nitrogen and oxygen atoms in total. The summed E-state index contributed by atoms with van der Waals surface area (Å²) in [5.41, 5.74) is 2.74. The van der Waals surface area contributed by atoms with Crippen LogP contribution in [-0.2, 0) is 21.9 Å². The summed E-state index contributed by atoms with van der Waals surface area (Å²) in [6.07, 6.45) is -7.55. The second-order valence-electron chi connectivity index (χ2n) is 8.18. The molecule has 2 heterocycles. The standard InChI is InChI=1S/C25H20F6N4O2S/c26-24(27,28)17-10-16(11-18(13-17)25(29,30)31)23-33-5-4-19(34-23)14-21(22(32)36)15-2-1-3-20(12-15)38-35-6-8-37-9-7-35/h1-5,10-14H,6-9H2,(H2,32,36)/b21-14+. The maximum absolute atomic E-state index is 13.3. The number of nitrogens with two attached hydrogens (primary N) is 1. The van der Waals surface area contributed by atoms with Crippen LogP contribution in [0.5, 0.6) is 0 Å². The van der Waals surface area contributed by atoms with Crippen molar-refractivity contribution in [1.29, 1.82) is 0 Å². The summed E-state index contributed by atoms with van der Waals surface area (Å²) in [6.45, 7) is 2.66. The van der Waals surface area contributed by atoms with Gasteiger partial charge < -0.3 is 10.5 Å². The van der Waals surface area contributed by atoms with Crippen LogP contribution in [0.15, 0.2) is 59.6 Å². The van der Waals surface area contributed by atoms with Crippen molar-refractivity contribution in [3.63, 3.8) is 0 Å². The van der Waals surface area contributed by atoms with Crippen LogP contribution in [0.2, 0.25) is 0 Å². The van der Waals surface area contributed by atoms with E-state index >= 15 is 0 Å². The quantitative estimate of drug-likeness (QED) is 0.245. The number of ether oxygens (including phenoxy) is 1. The van der Waals surface area contributed by atoms with Crippen LogP contribution < -0.4 is 5.73 Å². The number of hydrogen-bond donors (Lipinski definition) is 1. The van der Waals surface area contributed by atoms with E-state index < -0.39 is 35.0 Å². The summed E-state index contributed by atoms with van der Waals surface area (Å²) < 4.78 is 87.1. The Kier molecular flexibility index (Phi) is 8.09. The van der Waals surface area contributed by atoms with Gasteiger partial charge in [-0.2, -0.15) is 26.3 Å². The number of rotatable bonds is 6. The lowest BCUT2D eigenvalue weighted by Gasteiger charge is -2.25. The fraction of sp³-hybridized carbons (Fsp3) is 0.240. The summed E-state index contributed by atoms with van der Waals surface area (Å²) in [4.78, 5) is 21.1. The minimum absolute atomic E-state index is 0.0281. The molecule has 0 aliphatic carbocycles. The van der Waals surface area contributed by atoms with Crippen molar-refractivity contribution in [3.8, 4) is 11.4 Å². The lowest BCUT2D eigenvalue weighted by molar-refractivity contribution is -0.143. The maximum atomic E-state index is 13.3. The number of primary amides is 1. The zero-order valence-corrected chi connectivity index (χ0v) is 20.3. The molecular weight excluding hydrogens is 534 g/mol. The van der Waals surface area contributed by atoms with Crippen LogP contribution in [0.25, 0.3) is 23.0 Å². The monoisotopic (exact) mass is 554 g/mol. The van der Waals surface area contributed by atoms with Crippen molar-refractivity contribution in [3.05, 3.63) is 77.1 Å². The van der Waals surface area contributed by atoms with Crippen LogP contribution in [0, 0.1) is 0 Å². The molecular formula is C25H20F6N4O2S. The van der Waals surface area contributed by atoms with Gasteiger partial charge in [-0.1, -0.05) is 12.1 Å². The van der Waals surface area contributed by atoms with E-state index in [1.807, 2.05) is 6.07 Å². The third-order valence-corrected chi connectivity index (χ3v) is 6.52. The van der Waals surface area contributed by atoms with Crippen LogP contribution in [0.4, 0.5) is 26.3 Å². The topological polar surface area (TPSA) is 81.3 Å². The van der Waals surface area contributed by atoms with Gasteiger partial charge in [0.1, 0.15) is 0 Å². The minimum atomic E-state index is -5.02. The molecule has 1 amide bonds. The molecule has 0 bridgehead atoms. The zero-order chi connectivity index (χ0) is 27.5. The fourth-order valence-electron chi connectivity index (χ4n) is 3.63. The Balaban J connectivity index is 1.70. The van der Waals surface area contributed by atoms with Crippen LogP contribution in [-0.4, -0.2) is 46.5 Å². The number of halogens is 6. The van der Waals surface area contributed by atoms with Gasteiger partial charge in [0.15, 0.2) is 5.82 Å². The SMILES string of the molecule is NC(=O)/C(=C/c1ccnc(-c2cc(C(F)(F)F)cc(C(F)(F)F)c2)n1)c1cccc(SN2CCOCC2)c1. The Labute approximate surface area is 217 Å². The number of carbonyl (C=O) groups is 1. The molecule has 1 fully saturated rings. The summed E-state index contributed by atoms with van der Waals surface area (Å²) in [7, 11) is 0. The van der Waals surface area contributed by atoms with Crippen molar-refractivity contribution in [2.24, 2.45) is 5.73 Å². The van der Waals surface area contributed by atoms with Gasteiger partial charge in [0.05, 0.1) is 30.0 Å². The van der Waals surface area contributed by atoms with E-state index in [1.165, 1.54) is 30.3 Å². The number of nitrogens with zero attached hydrogens (tertiary/aromatic N) is 3. The highest BCUT2D eigenvalue weighted by atomic mass is 32.2. The van der Waals surface area contributed by atoms with Gasteiger partial charge in [-0.15, -0.1) is 0 Å². The van der Waals surface area contributed by atoms with E-state index in [9.17, 15) is 31.1 Å². The Hall–Kier alpha value is -3.42. The highest BCUT2D eigenvalue weighted by Crippen LogP contribution is 2.38. The number of morpholine rings is 1. The second-order valence-corrected chi connectivity index (χ2v) is 9.35. The number of amides is 1. The molecule has 1 aromatic heterocycles. The van der Waals surface area contributed by atoms with E-state index in [4.69, 9.17) is 10.5 Å². The first kappa shape index (κ1) is 27.6. The predicted molar refractivity (Wildman–Crippen MR) is 129 cm³/mol. The van der Waals surface area contributed by atoms with Gasteiger partial charge in [-0.3, -0.25) is 4.79 Å². The molecule has 2 aromatic carbocycles. The fourth-order valence-corrected chi connectivity index (χ4v) is 4.58. The first-order valence-electron chi connectivity index (χ1n) is 11.2. The van der Waals surface area contributed by atoms with Crippen molar-refractivity contribution >= 4 is 29.5 Å². The first-order chi connectivity index (χ1) is 17.9. The van der Waals surface area contributed by atoms with Crippen molar-refractivity contribution in [2.45, 2.75) is 17.2 Å². The van der Waals surface area contributed by atoms with Gasteiger partial charge in [-0.25, -0.2) is 14.3 Å². The molecule has 1 saturated heterocycles. The summed E-state index contributed by atoms with van der Waals surface area (Å²) in [5, 5.41) is 0. The lowest BCUT2D eigenvalue weighted by atomic mass is 10.0. The molecule has 200 valence electrons. The molecule has 4 rings (SSSR count). The largest absolute Gasteiger partial charge is 0.416 e. The molecule has 2 N–H and O–H groups in total. The zero-order valence-electron chi connectivity index (χ0n) is 19.5. The smallest absolute Gasteiger partial charge is 0.379 e. The van der Waals surface area contributed by atoms with E-state index in [-0.39, 0.29) is 23.2 Å². The van der Waals surface area contributed by atoms with Gasteiger partial charge in [0.2, 0.25) is 5.91 Å². The van der Waals surface area contributed by atoms with Crippen molar-refractivity contribution < 1.29 is 35.9 Å². The van der Waals surface area contributed by atoms with Crippen LogP contribution in [0.1, 0.15) is 22.4 Å². The molecule has 0 spiro atoms. The van der Waals surface area contributed by atoms with E-state index in [0.717, 1.165) is 18.0 Å². The minimum Gasteiger partial charge on any atom is -0.379 e.